The molecule has 0 N–H and O–H groups in total. The normalized spacial score (nSPS) is 15.9. The summed E-state index contributed by atoms with van der Waals surface area (Å²) >= 11 is 0. The molecule has 0 bridgehead atoms. The second-order valence-electron chi connectivity index (χ2n) is 3.92. The third kappa shape index (κ3) is 1.75. The Morgan fingerprint density at radius 3 is 2.93 bits per heavy atom. The van der Waals surface area contributed by atoms with Gasteiger partial charge < -0.3 is 9.64 Å². The zero-order chi connectivity index (χ0) is 10.8. The first-order chi connectivity index (χ1) is 7.26. The lowest BCUT2D eigenvalue weighted by molar-refractivity contribution is 0.111. The summed E-state index contributed by atoms with van der Waals surface area (Å²) in [4.78, 5) is 13.3. The van der Waals surface area contributed by atoms with Crippen LogP contribution >= 0.6 is 0 Å². The van der Waals surface area contributed by atoms with Crippen LogP contribution in [0.2, 0.25) is 0 Å². The van der Waals surface area contributed by atoms with Crippen molar-refractivity contribution in [3.05, 3.63) is 28.8 Å². The van der Waals surface area contributed by atoms with Crippen LogP contribution in [0.3, 0.4) is 0 Å². The molecule has 80 valence electrons. The number of carbonyl (C=O) groups is 1. The second kappa shape index (κ2) is 4.03. The molecule has 15 heavy (non-hydrogen) atoms. The average Bonchev–Trinajstić information content (AvgIpc) is 2.27. The summed E-state index contributed by atoms with van der Waals surface area (Å²) in [6.45, 7) is 1.92. The van der Waals surface area contributed by atoms with Crippen molar-refractivity contribution >= 4 is 6.29 Å². The fraction of sp³-hybridized carbons (Fsp3) is 0.417. The predicted octanol–water partition coefficient (Wildman–Crippen LogP) is 1.50. The van der Waals surface area contributed by atoms with E-state index in [0.717, 1.165) is 36.9 Å². The van der Waals surface area contributed by atoms with Gasteiger partial charge in [-0.15, -0.1) is 0 Å². The number of rotatable bonds is 2. The van der Waals surface area contributed by atoms with Crippen LogP contribution in [0.5, 0.6) is 5.75 Å². The topological polar surface area (TPSA) is 29.5 Å². The lowest BCUT2D eigenvalue weighted by Crippen LogP contribution is -2.27. The van der Waals surface area contributed by atoms with Crippen LogP contribution in [-0.4, -0.2) is 31.9 Å². The van der Waals surface area contributed by atoms with Crippen LogP contribution < -0.4 is 4.74 Å². The number of hydrogen-bond acceptors (Lipinski definition) is 3. The van der Waals surface area contributed by atoms with Crippen molar-refractivity contribution in [2.75, 3.05) is 20.7 Å². The van der Waals surface area contributed by atoms with E-state index in [-0.39, 0.29) is 0 Å². The van der Waals surface area contributed by atoms with Crippen molar-refractivity contribution in [1.82, 2.24) is 4.90 Å². The summed E-state index contributed by atoms with van der Waals surface area (Å²) in [7, 11) is 3.69. The van der Waals surface area contributed by atoms with Crippen LogP contribution in [-0.2, 0) is 13.0 Å². The van der Waals surface area contributed by atoms with E-state index in [0.29, 0.717) is 5.75 Å². The molecule has 2 rings (SSSR count). The Morgan fingerprint density at radius 1 is 1.47 bits per heavy atom. The van der Waals surface area contributed by atoms with Crippen LogP contribution in [0, 0.1) is 0 Å². The molecule has 0 radical (unpaired) electrons. The van der Waals surface area contributed by atoms with Gasteiger partial charge in [-0.2, -0.15) is 0 Å². The van der Waals surface area contributed by atoms with Gasteiger partial charge in [0.25, 0.3) is 0 Å². The Labute approximate surface area is 89.7 Å². The molecule has 0 atom stereocenters. The highest BCUT2D eigenvalue weighted by molar-refractivity contribution is 5.82. The third-order valence-corrected chi connectivity index (χ3v) is 2.94. The lowest BCUT2D eigenvalue weighted by Gasteiger charge is -2.26. The van der Waals surface area contributed by atoms with E-state index in [1.165, 1.54) is 5.56 Å². The first-order valence-corrected chi connectivity index (χ1v) is 5.08. The number of benzene rings is 1. The van der Waals surface area contributed by atoms with Crippen molar-refractivity contribution in [2.24, 2.45) is 0 Å². The smallest absolute Gasteiger partial charge is 0.154 e. The minimum atomic E-state index is 0.688. The van der Waals surface area contributed by atoms with Crippen molar-refractivity contribution in [3.8, 4) is 5.75 Å². The molecule has 0 unspecified atom stereocenters. The van der Waals surface area contributed by atoms with Crippen LogP contribution in [0.4, 0.5) is 0 Å². The number of ether oxygens (including phenoxy) is 1. The standard InChI is InChI=1S/C12H15NO2/c1-13-6-5-10-9(7-13)3-4-12(15-2)11(10)8-14/h3-4,8H,5-7H2,1-2H3. The van der Waals surface area contributed by atoms with E-state index >= 15 is 0 Å². The molecular formula is C12H15NO2. The predicted molar refractivity (Wildman–Crippen MR) is 58.4 cm³/mol. The van der Waals surface area contributed by atoms with Gasteiger partial charge in [0.2, 0.25) is 0 Å². The third-order valence-electron chi connectivity index (χ3n) is 2.94. The summed E-state index contributed by atoms with van der Waals surface area (Å²) in [5.41, 5.74) is 3.12. The highest BCUT2D eigenvalue weighted by Crippen LogP contribution is 2.27. The quantitative estimate of drug-likeness (QED) is 0.685. The Kier molecular flexibility index (Phi) is 2.73. The highest BCUT2D eigenvalue weighted by Gasteiger charge is 2.18. The number of fused-ring (bicyclic) bond motifs is 1. The van der Waals surface area contributed by atoms with Gasteiger partial charge in [0, 0.05) is 13.1 Å². The van der Waals surface area contributed by atoms with Gasteiger partial charge in [-0.05, 0) is 30.7 Å². The molecule has 1 heterocycles. The van der Waals surface area contributed by atoms with E-state index in [2.05, 4.69) is 18.0 Å². The molecule has 1 aromatic rings. The molecule has 0 spiro atoms. The van der Waals surface area contributed by atoms with Crippen molar-refractivity contribution in [1.29, 1.82) is 0 Å². The highest BCUT2D eigenvalue weighted by atomic mass is 16.5. The Hall–Kier alpha value is -1.35. The second-order valence-corrected chi connectivity index (χ2v) is 3.92. The summed E-state index contributed by atoms with van der Waals surface area (Å²) in [6, 6.07) is 3.93. The van der Waals surface area contributed by atoms with Gasteiger partial charge in [0.1, 0.15) is 5.75 Å². The molecule has 0 saturated heterocycles. The molecule has 0 aromatic heterocycles. The first-order valence-electron chi connectivity index (χ1n) is 5.08. The van der Waals surface area contributed by atoms with E-state index < -0.39 is 0 Å². The van der Waals surface area contributed by atoms with E-state index in [1.807, 2.05) is 6.07 Å². The minimum Gasteiger partial charge on any atom is -0.496 e. The fourth-order valence-corrected chi connectivity index (χ4v) is 2.11. The maximum Gasteiger partial charge on any atom is 0.154 e. The van der Waals surface area contributed by atoms with Gasteiger partial charge >= 0.3 is 0 Å². The average molecular weight is 205 g/mol. The number of aldehydes is 1. The number of likely N-dealkylation sites (N-methyl/N-ethyl adjacent to an activating group) is 1. The molecule has 1 aromatic carbocycles. The zero-order valence-electron chi connectivity index (χ0n) is 9.12. The molecular weight excluding hydrogens is 190 g/mol. The Balaban J connectivity index is 2.50. The maximum atomic E-state index is 11.0. The van der Waals surface area contributed by atoms with Crippen LogP contribution in [0.15, 0.2) is 12.1 Å². The molecule has 1 aliphatic heterocycles. The Bertz CT molecular complexity index is 387. The van der Waals surface area contributed by atoms with Gasteiger partial charge in [0.05, 0.1) is 12.7 Å². The molecule has 0 amide bonds. The number of hydrogen-bond donors (Lipinski definition) is 0. The number of carbonyl (C=O) groups excluding carboxylic acids is 1. The fourth-order valence-electron chi connectivity index (χ4n) is 2.11. The summed E-state index contributed by atoms with van der Waals surface area (Å²) in [6.07, 6.45) is 1.83. The largest absolute Gasteiger partial charge is 0.496 e. The first kappa shape index (κ1) is 10.2. The van der Waals surface area contributed by atoms with Gasteiger partial charge in [-0.25, -0.2) is 0 Å². The van der Waals surface area contributed by atoms with Gasteiger partial charge in [0.15, 0.2) is 6.29 Å². The molecule has 1 aliphatic rings. The SMILES string of the molecule is COc1ccc2c(c1C=O)CCN(C)C2. The van der Waals surface area contributed by atoms with E-state index in [9.17, 15) is 4.79 Å². The summed E-state index contributed by atoms with van der Waals surface area (Å²) < 4.78 is 5.18. The summed E-state index contributed by atoms with van der Waals surface area (Å²) in [5.74, 6) is 0.688. The molecule has 3 nitrogen and oxygen atoms in total. The summed E-state index contributed by atoms with van der Waals surface area (Å²) in [5, 5.41) is 0. The minimum absolute atomic E-state index is 0.688. The number of methoxy groups -OCH3 is 1. The maximum absolute atomic E-state index is 11.0. The van der Waals surface area contributed by atoms with Crippen molar-refractivity contribution < 1.29 is 9.53 Å². The number of nitrogens with zero attached hydrogens (tertiary/aromatic N) is 1. The lowest BCUT2D eigenvalue weighted by atomic mass is 9.94. The molecule has 0 fully saturated rings. The molecule has 0 aliphatic carbocycles. The molecule has 3 heteroatoms. The van der Waals surface area contributed by atoms with Crippen LogP contribution in [0.25, 0.3) is 0 Å². The molecule has 0 saturated carbocycles. The Morgan fingerprint density at radius 2 is 2.27 bits per heavy atom. The van der Waals surface area contributed by atoms with Gasteiger partial charge in [-0.1, -0.05) is 6.07 Å². The van der Waals surface area contributed by atoms with Crippen molar-refractivity contribution in [3.63, 3.8) is 0 Å². The monoisotopic (exact) mass is 205 g/mol. The van der Waals surface area contributed by atoms with E-state index in [4.69, 9.17) is 4.74 Å². The zero-order valence-corrected chi connectivity index (χ0v) is 9.12. The van der Waals surface area contributed by atoms with Crippen molar-refractivity contribution in [2.45, 2.75) is 13.0 Å². The van der Waals surface area contributed by atoms with E-state index in [1.54, 1.807) is 7.11 Å². The van der Waals surface area contributed by atoms with Crippen LogP contribution in [0.1, 0.15) is 21.5 Å². The van der Waals surface area contributed by atoms with Gasteiger partial charge in [-0.3, -0.25) is 4.79 Å².